The summed E-state index contributed by atoms with van der Waals surface area (Å²) < 4.78 is 70.4. The lowest BCUT2D eigenvalue weighted by Gasteiger charge is -2.20. The number of aromatic nitrogens is 4. The van der Waals surface area contributed by atoms with Crippen LogP contribution in [0.15, 0.2) is 68.8 Å². The van der Waals surface area contributed by atoms with Crippen LogP contribution in [0.4, 0.5) is 18.9 Å². The van der Waals surface area contributed by atoms with E-state index < -0.39 is 27.6 Å². The molecule has 1 aliphatic rings. The molecule has 2 aromatic heterocycles. The van der Waals surface area contributed by atoms with Gasteiger partial charge >= 0.3 is 11.9 Å². The third kappa shape index (κ3) is 3.83. The van der Waals surface area contributed by atoms with E-state index in [9.17, 15) is 26.4 Å². The van der Waals surface area contributed by atoms with Crippen molar-refractivity contribution in [3.05, 3.63) is 76.4 Å². The van der Waals surface area contributed by atoms with Crippen LogP contribution < -0.4 is 10.1 Å². The molecule has 0 radical (unpaired) electrons. The molecule has 1 aliphatic heterocycles. The number of fused-ring (bicyclic) bond motifs is 1. The predicted molar refractivity (Wildman–Crippen MR) is 113 cm³/mol. The Balaban J connectivity index is 1.41. The molecule has 2 aromatic carbocycles. The van der Waals surface area contributed by atoms with Crippen molar-refractivity contribution in [2.75, 3.05) is 10.8 Å². The van der Waals surface area contributed by atoms with Gasteiger partial charge in [-0.15, -0.1) is 10.2 Å². The average Bonchev–Trinajstić information content (AvgIpc) is 3.45. The van der Waals surface area contributed by atoms with Crippen LogP contribution in [0, 0.1) is 0 Å². The number of nitrogens with one attached hydrogen (secondary N) is 1. The lowest BCUT2D eigenvalue weighted by Crippen LogP contribution is -2.29. The molecule has 0 aliphatic carbocycles. The van der Waals surface area contributed by atoms with Crippen molar-refractivity contribution in [3.63, 3.8) is 0 Å². The Morgan fingerprint density at radius 3 is 2.32 bits per heavy atom. The van der Waals surface area contributed by atoms with Gasteiger partial charge in [-0.1, -0.05) is 11.2 Å². The van der Waals surface area contributed by atoms with Crippen LogP contribution in [-0.2, 0) is 22.6 Å². The van der Waals surface area contributed by atoms with Gasteiger partial charge in [-0.25, -0.2) is 13.2 Å². The van der Waals surface area contributed by atoms with Crippen LogP contribution in [-0.4, -0.2) is 35.3 Å². The maximum atomic E-state index is 13.2. The van der Waals surface area contributed by atoms with Crippen LogP contribution >= 0.6 is 0 Å². The van der Waals surface area contributed by atoms with E-state index in [-0.39, 0.29) is 23.0 Å². The van der Waals surface area contributed by atoms with E-state index in [1.54, 1.807) is 18.2 Å². The summed E-state index contributed by atoms with van der Waals surface area (Å²) in [7, 11) is -3.88. The molecule has 0 amide bonds. The van der Waals surface area contributed by atoms with E-state index in [0.29, 0.717) is 23.2 Å². The molecule has 0 spiro atoms. The molecule has 0 saturated carbocycles. The summed E-state index contributed by atoms with van der Waals surface area (Å²) >= 11 is 0. The summed E-state index contributed by atoms with van der Waals surface area (Å²) in [4.78, 5) is 13.5. The molecule has 174 valence electrons. The first-order valence-corrected chi connectivity index (χ1v) is 11.3. The molecule has 0 atom stereocenters. The first kappa shape index (κ1) is 21.8. The Labute approximate surface area is 189 Å². The fourth-order valence-corrected chi connectivity index (χ4v) is 5.19. The highest BCUT2D eigenvalue weighted by Crippen LogP contribution is 2.36. The number of anilines is 1. The fraction of sp³-hybridized carbons (Fsp3) is 0.143. The molecule has 4 aromatic rings. The zero-order valence-electron chi connectivity index (χ0n) is 17.1. The Kier molecular flexibility index (Phi) is 5.01. The number of alkyl halides is 3. The number of nitrogens with zero attached hydrogens (tertiary/aromatic N) is 4. The van der Waals surface area contributed by atoms with Crippen molar-refractivity contribution in [1.29, 1.82) is 0 Å². The first-order valence-electron chi connectivity index (χ1n) is 9.86. The van der Waals surface area contributed by atoms with Crippen molar-refractivity contribution in [2.24, 2.45) is 0 Å². The lowest BCUT2D eigenvalue weighted by molar-refractivity contribution is -0.141. The topological polar surface area (TPSA) is 122 Å². The average molecular weight is 489 g/mol. The molecule has 13 heteroatoms. The van der Waals surface area contributed by atoms with Crippen LogP contribution in [0.2, 0.25) is 0 Å². The summed E-state index contributed by atoms with van der Waals surface area (Å²) in [5.41, 5.74) is 1.38. The second kappa shape index (κ2) is 7.80. The van der Waals surface area contributed by atoms with Gasteiger partial charge < -0.3 is 0 Å². The lowest BCUT2D eigenvalue weighted by atomic mass is 10.1. The molecule has 0 bridgehead atoms. The highest BCUT2D eigenvalue weighted by molar-refractivity contribution is 7.92. The van der Waals surface area contributed by atoms with E-state index in [2.05, 4.69) is 24.9 Å². The maximum Gasteiger partial charge on any atom is 0.439 e. The third-order valence-corrected chi connectivity index (χ3v) is 7.17. The van der Waals surface area contributed by atoms with E-state index >= 15 is 0 Å². The molecule has 5 rings (SSSR count). The number of aromatic amines is 1. The summed E-state index contributed by atoms with van der Waals surface area (Å²) in [6, 6.07) is 12.8. The molecular weight excluding hydrogens is 475 g/mol. The van der Waals surface area contributed by atoms with Gasteiger partial charge in [-0.3, -0.25) is 13.8 Å². The minimum Gasteiger partial charge on any atom is -0.296 e. The van der Waals surface area contributed by atoms with E-state index in [4.69, 9.17) is 0 Å². The first-order chi connectivity index (χ1) is 16.1. The predicted octanol–water partition coefficient (Wildman–Crippen LogP) is 3.26. The highest BCUT2D eigenvalue weighted by atomic mass is 32.2. The van der Waals surface area contributed by atoms with Gasteiger partial charge in [0.05, 0.1) is 16.3 Å². The zero-order valence-corrected chi connectivity index (χ0v) is 17.9. The van der Waals surface area contributed by atoms with Crippen LogP contribution in [0.1, 0.15) is 11.3 Å². The number of sulfonamides is 1. The summed E-state index contributed by atoms with van der Waals surface area (Å²) in [6.45, 7) is 0.207. The fourth-order valence-electron chi connectivity index (χ4n) is 3.68. The number of benzene rings is 2. The quantitative estimate of drug-likeness (QED) is 0.467. The molecular formula is C21H14F3N5O4S. The maximum absolute atomic E-state index is 13.2. The molecule has 1 N–H and O–H groups in total. The number of hydrogen-bond acceptors (Lipinski definition) is 7. The van der Waals surface area contributed by atoms with Gasteiger partial charge in [0.25, 0.3) is 10.0 Å². The summed E-state index contributed by atoms with van der Waals surface area (Å²) in [6.07, 6.45) is -4.16. The Hall–Kier alpha value is -4.00. The van der Waals surface area contributed by atoms with Gasteiger partial charge in [0.15, 0.2) is 11.5 Å². The van der Waals surface area contributed by atoms with Gasteiger partial charge in [-0.05, 0) is 60.5 Å². The van der Waals surface area contributed by atoms with Crippen LogP contribution in [0.25, 0.3) is 22.6 Å². The smallest absolute Gasteiger partial charge is 0.296 e. The number of H-pyrrole nitrogens is 1. The number of rotatable bonds is 4. The number of hydrogen-bond donors (Lipinski definition) is 1. The van der Waals surface area contributed by atoms with Crippen LogP contribution in [0.5, 0.6) is 0 Å². The standard InChI is InChI=1S/C21H14F3N5O4S/c22-21(23,24)18-8-6-16(26-27-18)13-3-7-17-14(11-13)9-10-29(17)34(31,32)15-4-1-12(2-5-15)19-25-20(30)33-28-19/h1-8,11H,9-10H2,(H,25,28,30). The molecule has 34 heavy (non-hydrogen) atoms. The van der Waals surface area contributed by atoms with Crippen molar-refractivity contribution in [3.8, 4) is 22.6 Å². The van der Waals surface area contributed by atoms with E-state index in [1.807, 2.05) is 0 Å². The largest absolute Gasteiger partial charge is 0.439 e. The SMILES string of the molecule is O=c1[nH]c(-c2ccc(S(=O)(=O)N3CCc4cc(-c5ccc(C(F)(F)F)nn5)ccc43)cc2)no1. The molecule has 0 saturated heterocycles. The van der Waals surface area contributed by atoms with E-state index in [1.165, 1.54) is 34.6 Å². The normalized spacial score (nSPS) is 13.8. The second-order valence-electron chi connectivity index (χ2n) is 7.44. The molecule has 3 heterocycles. The van der Waals surface area contributed by atoms with Crippen molar-refractivity contribution >= 4 is 15.7 Å². The van der Waals surface area contributed by atoms with Gasteiger partial charge in [0.1, 0.15) is 0 Å². The van der Waals surface area contributed by atoms with Crippen molar-refractivity contribution in [1.82, 2.24) is 20.3 Å². The third-order valence-electron chi connectivity index (χ3n) is 5.34. The van der Waals surface area contributed by atoms with Crippen molar-refractivity contribution < 1.29 is 26.1 Å². The molecule has 9 nitrogen and oxygen atoms in total. The molecule has 0 fully saturated rings. The van der Waals surface area contributed by atoms with E-state index in [0.717, 1.165) is 11.6 Å². The van der Waals surface area contributed by atoms with Crippen LogP contribution in [0.3, 0.4) is 0 Å². The number of halogens is 3. The summed E-state index contributed by atoms with van der Waals surface area (Å²) in [5, 5.41) is 10.5. The van der Waals surface area contributed by atoms with Gasteiger partial charge in [0.2, 0.25) is 0 Å². The Bertz CT molecular complexity index is 1530. The zero-order chi connectivity index (χ0) is 24.1. The second-order valence-corrected chi connectivity index (χ2v) is 9.30. The minimum absolute atomic E-state index is 0.0487. The Morgan fingerprint density at radius 1 is 0.971 bits per heavy atom. The van der Waals surface area contributed by atoms with Gasteiger partial charge in [0, 0.05) is 17.7 Å². The summed E-state index contributed by atoms with van der Waals surface area (Å²) in [5.74, 6) is -0.540. The van der Waals surface area contributed by atoms with Gasteiger partial charge in [-0.2, -0.15) is 13.2 Å². The molecule has 0 unspecified atom stereocenters. The van der Waals surface area contributed by atoms with Crippen molar-refractivity contribution in [2.45, 2.75) is 17.5 Å². The monoisotopic (exact) mass is 489 g/mol. The highest BCUT2D eigenvalue weighted by Gasteiger charge is 2.33. The Morgan fingerprint density at radius 2 is 1.71 bits per heavy atom. The minimum atomic E-state index is -4.58.